The second-order valence-electron chi connectivity index (χ2n) is 6.72. The Morgan fingerprint density at radius 3 is 2.55 bits per heavy atom. The van der Waals surface area contributed by atoms with Crippen molar-refractivity contribution in [2.24, 2.45) is 10.2 Å². The standard InChI is InChI=1S/C20H19FN8O2/c1-23-25-19(22)28-10-16-17(11-28)27-29(26-16)18-8-7-14(9-15(18)21)24-20(30)31-12-13-5-3-2-4-6-13/h2-9,22H,10-12H2,1H3,(H,24,30)/b22-19?,25-23-. The first-order valence-corrected chi connectivity index (χ1v) is 9.39. The summed E-state index contributed by atoms with van der Waals surface area (Å²) >= 11 is 0. The Morgan fingerprint density at radius 2 is 1.90 bits per heavy atom. The second-order valence-corrected chi connectivity index (χ2v) is 6.72. The highest BCUT2D eigenvalue weighted by atomic mass is 19.1. The van der Waals surface area contributed by atoms with E-state index in [1.165, 1.54) is 24.0 Å². The average Bonchev–Trinajstić information content (AvgIpc) is 3.33. The van der Waals surface area contributed by atoms with Crippen molar-refractivity contribution in [2.75, 3.05) is 12.4 Å². The Morgan fingerprint density at radius 1 is 1.19 bits per heavy atom. The molecule has 158 valence electrons. The van der Waals surface area contributed by atoms with E-state index in [4.69, 9.17) is 10.1 Å². The first-order chi connectivity index (χ1) is 15.0. The van der Waals surface area contributed by atoms with Crippen LogP contribution in [-0.4, -0.2) is 39.0 Å². The van der Waals surface area contributed by atoms with Gasteiger partial charge in [0.05, 0.1) is 13.1 Å². The first-order valence-electron chi connectivity index (χ1n) is 9.39. The van der Waals surface area contributed by atoms with Crippen LogP contribution in [0.25, 0.3) is 5.69 Å². The maximum absolute atomic E-state index is 14.6. The van der Waals surface area contributed by atoms with Crippen LogP contribution in [0.15, 0.2) is 58.8 Å². The van der Waals surface area contributed by atoms with Gasteiger partial charge in [-0.15, -0.1) is 9.91 Å². The summed E-state index contributed by atoms with van der Waals surface area (Å²) in [4.78, 5) is 14.8. The molecule has 31 heavy (non-hydrogen) atoms. The van der Waals surface area contributed by atoms with Crippen molar-refractivity contribution in [1.82, 2.24) is 19.9 Å². The van der Waals surface area contributed by atoms with Crippen LogP contribution in [0.3, 0.4) is 0 Å². The van der Waals surface area contributed by atoms with Crippen LogP contribution in [0.4, 0.5) is 14.9 Å². The van der Waals surface area contributed by atoms with E-state index in [1.54, 1.807) is 11.0 Å². The van der Waals surface area contributed by atoms with Gasteiger partial charge in [0.25, 0.3) is 0 Å². The summed E-state index contributed by atoms with van der Waals surface area (Å²) in [6.45, 7) is 0.813. The number of anilines is 1. The van der Waals surface area contributed by atoms with Gasteiger partial charge in [-0.05, 0) is 23.8 Å². The molecule has 1 aromatic heterocycles. The number of fused-ring (bicyclic) bond motifs is 1. The van der Waals surface area contributed by atoms with Gasteiger partial charge in [-0.2, -0.15) is 15.3 Å². The number of benzene rings is 2. The molecule has 0 saturated heterocycles. The van der Waals surface area contributed by atoms with E-state index < -0.39 is 11.9 Å². The molecule has 0 saturated carbocycles. The van der Waals surface area contributed by atoms with Crippen LogP contribution < -0.4 is 5.32 Å². The van der Waals surface area contributed by atoms with Crippen molar-refractivity contribution in [2.45, 2.75) is 19.7 Å². The molecule has 3 aromatic rings. The summed E-state index contributed by atoms with van der Waals surface area (Å²) < 4.78 is 19.8. The van der Waals surface area contributed by atoms with Crippen LogP contribution >= 0.6 is 0 Å². The highest BCUT2D eigenvalue weighted by Gasteiger charge is 2.27. The molecule has 4 rings (SSSR count). The third-order valence-electron chi connectivity index (χ3n) is 4.56. The number of carbonyl (C=O) groups excluding carboxylic acids is 1. The smallest absolute Gasteiger partial charge is 0.411 e. The molecular formula is C20H19FN8O2. The third kappa shape index (κ3) is 4.55. The normalized spacial score (nSPS) is 12.8. The number of amides is 1. The Labute approximate surface area is 176 Å². The van der Waals surface area contributed by atoms with Crippen LogP contribution in [0.5, 0.6) is 0 Å². The van der Waals surface area contributed by atoms with E-state index in [0.717, 1.165) is 5.56 Å². The number of guanidine groups is 1. The fourth-order valence-corrected chi connectivity index (χ4v) is 3.07. The average molecular weight is 422 g/mol. The minimum absolute atomic E-state index is 0.0228. The largest absolute Gasteiger partial charge is 0.444 e. The fraction of sp³-hybridized carbons (Fsp3) is 0.200. The SMILES string of the molecule is C/N=N\C(=N)N1Cc2nn(-c3ccc(NC(=O)OCc4ccccc4)cc3F)nc2C1. The summed E-state index contributed by atoms with van der Waals surface area (Å²) in [5.41, 5.74) is 2.53. The van der Waals surface area contributed by atoms with Gasteiger partial charge in [0.2, 0.25) is 5.96 Å². The van der Waals surface area contributed by atoms with Gasteiger partial charge in [-0.25, -0.2) is 9.18 Å². The number of ether oxygens (including phenoxy) is 1. The Kier molecular flexibility index (Phi) is 5.65. The maximum Gasteiger partial charge on any atom is 0.411 e. The van der Waals surface area contributed by atoms with Crippen molar-refractivity contribution in [1.29, 1.82) is 5.41 Å². The molecule has 0 radical (unpaired) electrons. The van der Waals surface area contributed by atoms with Crippen LogP contribution in [0.1, 0.15) is 17.0 Å². The number of hydrogen-bond acceptors (Lipinski definition) is 6. The lowest BCUT2D eigenvalue weighted by Gasteiger charge is -2.13. The topological polar surface area (TPSA) is 121 Å². The van der Waals surface area contributed by atoms with Crippen LogP contribution in [0, 0.1) is 11.2 Å². The van der Waals surface area contributed by atoms with Crippen molar-refractivity contribution >= 4 is 17.7 Å². The van der Waals surface area contributed by atoms with Gasteiger partial charge in [0, 0.05) is 12.7 Å². The number of aromatic nitrogens is 3. The minimum Gasteiger partial charge on any atom is -0.444 e. The second kappa shape index (κ2) is 8.69. The number of nitrogens with one attached hydrogen (secondary N) is 2. The summed E-state index contributed by atoms with van der Waals surface area (Å²) in [5.74, 6) is -0.575. The molecule has 2 N–H and O–H groups in total. The molecule has 1 aliphatic heterocycles. The van der Waals surface area contributed by atoms with E-state index in [9.17, 15) is 9.18 Å². The maximum atomic E-state index is 14.6. The molecule has 0 aliphatic carbocycles. The summed E-state index contributed by atoms with van der Waals surface area (Å²) in [7, 11) is 1.49. The molecule has 1 amide bonds. The number of azo groups is 1. The Bertz CT molecular complexity index is 1120. The number of halogens is 1. The Hall–Kier alpha value is -4.15. The number of nitrogens with zero attached hydrogens (tertiary/aromatic N) is 6. The molecule has 2 aromatic carbocycles. The van der Waals surface area contributed by atoms with Crippen LogP contribution in [-0.2, 0) is 24.4 Å². The van der Waals surface area contributed by atoms with Crippen molar-refractivity contribution < 1.29 is 13.9 Å². The lowest BCUT2D eigenvalue weighted by atomic mass is 10.2. The van der Waals surface area contributed by atoms with Crippen molar-refractivity contribution in [3.8, 4) is 5.69 Å². The molecular weight excluding hydrogens is 403 g/mol. The van der Waals surface area contributed by atoms with Gasteiger partial charge in [-0.3, -0.25) is 10.7 Å². The molecule has 0 atom stereocenters. The van der Waals surface area contributed by atoms with Gasteiger partial charge in [0.15, 0.2) is 5.82 Å². The molecule has 1 aliphatic rings. The predicted octanol–water partition coefficient (Wildman–Crippen LogP) is 3.49. The van der Waals surface area contributed by atoms with E-state index in [2.05, 4.69) is 25.7 Å². The zero-order valence-electron chi connectivity index (χ0n) is 16.6. The number of carbonyl (C=O) groups is 1. The van der Waals surface area contributed by atoms with Gasteiger partial charge < -0.3 is 9.64 Å². The predicted molar refractivity (Wildman–Crippen MR) is 109 cm³/mol. The van der Waals surface area contributed by atoms with Crippen LogP contribution in [0.2, 0.25) is 0 Å². The third-order valence-corrected chi connectivity index (χ3v) is 4.56. The zero-order chi connectivity index (χ0) is 21.8. The molecule has 2 heterocycles. The van der Waals surface area contributed by atoms with Crippen molar-refractivity contribution in [3.05, 3.63) is 71.3 Å². The number of rotatable bonds is 4. The molecule has 10 nitrogen and oxygen atoms in total. The molecule has 0 spiro atoms. The summed E-state index contributed by atoms with van der Waals surface area (Å²) in [6.07, 6.45) is -0.682. The Balaban J connectivity index is 1.39. The first kappa shape index (κ1) is 20.1. The van der Waals surface area contributed by atoms with Gasteiger partial charge in [-0.1, -0.05) is 30.3 Å². The van der Waals surface area contributed by atoms with Crippen molar-refractivity contribution in [3.63, 3.8) is 0 Å². The summed E-state index contributed by atoms with van der Waals surface area (Å²) in [5, 5.41) is 26.2. The number of hydrogen-bond donors (Lipinski definition) is 2. The fourth-order valence-electron chi connectivity index (χ4n) is 3.07. The van der Waals surface area contributed by atoms with Gasteiger partial charge in [0.1, 0.15) is 23.7 Å². The van der Waals surface area contributed by atoms with E-state index >= 15 is 0 Å². The quantitative estimate of drug-likeness (QED) is 0.379. The molecule has 0 unspecified atom stereocenters. The van der Waals surface area contributed by atoms with E-state index in [0.29, 0.717) is 24.5 Å². The summed E-state index contributed by atoms with van der Waals surface area (Å²) in [6, 6.07) is 13.4. The lowest BCUT2D eigenvalue weighted by Crippen LogP contribution is -2.23. The highest BCUT2D eigenvalue weighted by molar-refractivity contribution is 5.84. The zero-order valence-corrected chi connectivity index (χ0v) is 16.6. The monoisotopic (exact) mass is 422 g/mol. The highest BCUT2D eigenvalue weighted by Crippen LogP contribution is 2.23. The minimum atomic E-state index is -0.682. The molecule has 11 heteroatoms. The van der Waals surface area contributed by atoms with E-state index in [1.807, 2.05) is 30.3 Å². The van der Waals surface area contributed by atoms with E-state index in [-0.39, 0.29) is 23.9 Å². The lowest BCUT2D eigenvalue weighted by molar-refractivity contribution is 0.155. The molecule has 0 fully saturated rings. The molecule has 0 bridgehead atoms. The van der Waals surface area contributed by atoms with Gasteiger partial charge >= 0.3 is 6.09 Å².